The summed E-state index contributed by atoms with van der Waals surface area (Å²) in [5.74, 6) is -5.60. The van der Waals surface area contributed by atoms with Gasteiger partial charge in [-0.25, -0.2) is 9.18 Å². The van der Waals surface area contributed by atoms with E-state index in [1.165, 1.54) is 31.3 Å². The lowest BCUT2D eigenvalue weighted by atomic mass is 9.76. The number of alkyl halides is 3. The van der Waals surface area contributed by atoms with E-state index in [9.17, 15) is 31.9 Å². The lowest BCUT2D eigenvalue weighted by molar-refractivity contribution is -0.192. The molecular weight excluding hydrogens is 600 g/mol. The van der Waals surface area contributed by atoms with Gasteiger partial charge in [0.1, 0.15) is 17.1 Å². The average molecular weight is 631 g/mol. The number of benzene rings is 3. The first-order valence-electron chi connectivity index (χ1n) is 13.8. The maximum absolute atomic E-state index is 13.6. The van der Waals surface area contributed by atoms with Gasteiger partial charge in [-0.1, -0.05) is 54.6 Å². The number of hydrogen-bond donors (Lipinski definition) is 2. The largest absolute Gasteiger partial charge is 0.496 e. The summed E-state index contributed by atoms with van der Waals surface area (Å²) in [6, 6.07) is 20.3. The zero-order valence-corrected chi connectivity index (χ0v) is 24.4. The minimum Gasteiger partial charge on any atom is -0.496 e. The van der Waals surface area contributed by atoms with Crippen molar-refractivity contribution >= 4 is 23.8 Å². The number of halogens is 4. The first-order chi connectivity index (χ1) is 21.3. The molecular formula is C32H30F4N2O7. The van der Waals surface area contributed by atoms with Crippen molar-refractivity contribution in [3.05, 3.63) is 89.7 Å². The fourth-order valence-corrected chi connectivity index (χ4v) is 5.95. The van der Waals surface area contributed by atoms with E-state index in [0.717, 1.165) is 16.7 Å². The second-order valence-corrected chi connectivity index (χ2v) is 10.4. The van der Waals surface area contributed by atoms with Crippen molar-refractivity contribution in [3.63, 3.8) is 0 Å². The van der Waals surface area contributed by atoms with Crippen molar-refractivity contribution in [2.75, 3.05) is 20.8 Å². The second kappa shape index (κ2) is 13.1. The van der Waals surface area contributed by atoms with Crippen molar-refractivity contribution < 1.29 is 51.3 Å². The summed E-state index contributed by atoms with van der Waals surface area (Å²) >= 11 is 0. The molecule has 0 saturated carbocycles. The third-order valence-electron chi connectivity index (χ3n) is 7.92. The smallest absolute Gasteiger partial charge is 0.490 e. The number of aliphatic carboxylic acids is 1. The molecule has 0 aromatic heterocycles. The van der Waals surface area contributed by atoms with E-state index in [0.29, 0.717) is 11.3 Å². The fraction of sp³-hybridized carbons (Fsp3) is 0.312. The number of carbonyl (C=O) groups is 4. The van der Waals surface area contributed by atoms with Crippen molar-refractivity contribution in [2.24, 2.45) is 11.8 Å². The molecule has 13 heteroatoms. The number of carboxylic acids is 1. The Hall–Kier alpha value is -4.78. The van der Waals surface area contributed by atoms with E-state index >= 15 is 0 Å². The Balaban J connectivity index is 0.000000591. The number of methoxy groups -OCH3 is 2. The molecule has 2 N–H and O–H groups in total. The molecule has 3 aromatic carbocycles. The Kier molecular flexibility index (Phi) is 9.62. The predicted octanol–water partition coefficient (Wildman–Crippen LogP) is 4.55. The summed E-state index contributed by atoms with van der Waals surface area (Å²) in [6.07, 6.45) is -4.90. The Bertz CT molecular complexity index is 1580. The highest BCUT2D eigenvalue weighted by atomic mass is 19.4. The van der Waals surface area contributed by atoms with Crippen LogP contribution in [0, 0.1) is 17.7 Å². The van der Waals surface area contributed by atoms with E-state index in [-0.39, 0.29) is 30.6 Å². The molecule has 0 radical (unpaired) electrons. The summed E-state index contributed by atoms with van der Waals surface area (Å²) in [4.78, 5) is 50.8. The standard InChI is InChI=1S/C30H29FN2O5.C2HF3O2/c1-4-33-27(34)24-25(28(33)35)30(29(36)38-3,17-18-8-6-5-7-9-18)32-26(24)20-12-15-22(23(16-20)37-2)19-10-13-21(31)14-11-19;3-2(4,5)1(6)7/h5-16,24-26,32H,4,17H2,1-3H3;(H,6,7)/t24-,25-,26-,30-;/m1./s1. The van der Waals surface area contributed by atoms with E-state index < -0.39 is 41.5 Å². The van der Waals surface area contributed by atoms with Crippen LogP contribution in [0.1, 0.15) is 24.1 Å². The summed E-state index contributed by atoms with van der Waals surface area (Å²) in [7, 11) is 2.83. The molecule has 2 fully saturated rings. The van der Waals surface area contributed by atoms with E-state index in [1.807, 2.05) is 42.5 Å². The zero-order valence-electron chi connectivity index (χ0n) is 24.4. The maximum Gasteiger partial charge on any atom is 0.490 e. The SMILES string of the molecule is CCN1C(=O)[C@H]2[C@@H](c3ccc(-c4ccc(F)cc4)c(OC)c3)N[C@@](Cc3ccccc3)(C(=O)OC)[C@H]2C1=O.O=C(O)C(F)(F)F. The number of carbonyl (C=O) groups excluding carboxylic acids is 3. The number of nitrogens with one attached hydrogen (secondary N) is 1. The third-order valence-corrected chi connectivity index (χ3v) is 7.92. The summed E-state index contributed by atoms with van der Waals surface area (Å²) in [5, 5.41) is 10.5. The van der Waals surface area contributed by atoms with Crippen LogP contribution in [0.4, 0.5) is 17.6 Å². The van der Waals surface area contributed by atoms with Crippen LogP contribution >= 0.6 is 0 Å². The van der Waals surface area contributed by atoms with E-state index in [4.69, 9.17) is 19.4 Å². The van der Waals surface area contributed by atoms with Gasteiger partial charge in [0.05, 0.1) is 26.1 Å². The molecule has 2 heterocycles. The van der Waals surface area contributed by atoms with Gasteiger partial charge in [-0.05, 0) is 41.8 Å². The fourth-order valence-electron chi connectivity index (χ4n) is 5.95. The molecule has 2 saturated heterocycles. The van der Waals surface area contributed by atoms with Gasteiger partial charge < -0.3 is 14.6 Å². The topological polar surface area (TPSA) is 122 Å². The van der Waals surface area contributed by atoms with Crippen LogP contribution in [0.2, 0.25) is 0 Å². The number of fused-ring (bicyclic) bond motifs is 1. The molecule has 0 spiro atoms. The number of nitrogens with zero attached hydrogens (tertiary/aromatic N) is 1. The summed E-state index contributed by atoms with van der Waals surface area (Å²) < 4.78 is 56.1. The van der Waals surface area contributed by atoms with Gasteiger partial charge in [0.15, 0.2) is 0 Å². The van der Waals surface area contributed by atoms with Gasteiger partial charge in [-0.2, -0.15) is 13.2 Å². The van der Waals surface area contributed by atoms with E-state index in [2.05, 4.69) is 5.32 Å². The minimum atomic E-state index is -5.08. The molecule has 0 unspecified atom stereocenters. The molecule has 2 aliphatic rings. The number of carboxylic acid groups (broad SMARTS) is 1. The van der Waals surface area contributed by atoms with Crippen LogP contribution in [0.5, 0.6) is 5.75 Å². The van der Waals surface area contributed by atoms with Gasteiger partial charge in [-0.15, -0.1) is 0 Å². The van der Waals surface area contributed by atoms with Crippen molar-refractivity contribution in [1.29, 1.82) is 0 Å². The first-order valence-corrected chi connectivity index (χ1v) is 13.8. The number of amides is 2. The van der Waals surface area contributed by atoms with Crippen molar-refractivity contribution in [2.45, 2.75) is 31.1 Å². The van der Waals surface area contributed by atoms with Gasteiger partial charge in [-0.3, -0.25) is 24.6 Å². The molecule has 9 nitrogen and oxygen atoms in total. The number of ether oxygens (including phenoxy) is 2. The number of rotatable bonds is 7. The molecule has 2 amide bonds. The van der Waals surface area contributed by atoms with Crippen LogP contribution in [0.3, 0.4) is 0 Å². The van der Waals surface area contributed by atoms with E-state index in [1.54, 1.807) is 25.1 Å². The van der Waals surface area contributed by atoms with Gasteiger partial charge >= 0.3 is 18.1 Å². The van der Waals surface area contributed by atoms with Gasteiger partial charge in [0.2, 0.25) is 11.8 Å². The van der Waals surface area contributed by atoms with Crippen molar-refractivity contribution in [3.8, 4) is 16.9 Å². The van der Waals surface area contributed by atoms with Gasteiger partial charge in [0, 0.05) is 24.6 Å². The Labute approximate surface area is 255 Å². The minimum absolute atomic E-state index is 0.180. The molecule has 238 valence electrons. The Morgan fingerprint density at radius 1 is 0.978 bits per heavy atom. The normalized spacial score (nSPS) is 22.4. The quantitative estimate of drug-likeness (QED) is 0.222. The lowest BCUT2D eigenvalue weighted by Crippen LogP contribution is -2.57. The van der Waals surface area contributed by atoms with Crippen molar-refractivity contribution in [1.82, 2.24) is 10.2 Å². The van der Waals surface area contributed by atoms with Crippen LogP contribution in [-0.2, 0) is 30.3 Å². The Morgan fingerprint density at radius 3 is 2.13 bits per heavy atom. The van der Waals surface area contributed by atoms with Crippen LogP contribution in [-0.4, -0.2) is 66.2 Å². The summed E-state index contributed by atoms with van der Waals surface area (Å²) in [5.41, 5.74) is 1.61. The van der Waals surface area contributed by atoms with Crippen LogP contribution in [0.15, 0.2) is 72.8 Å². The Morgan fingerprint density at radius 2 is 1.60 bits per heavy atom. The highest BCUT2D eigenvalue weighted by Crippen LogP contribution is 2.51. The third kappa shape index (κ3) is 6.39. The lowest BCUT2D eigenvalue weighted by Gasteiger charge is -2.32. The second-order valence-electron chi connectivity index (χ2n) is 10.4. The van der Waals surface area contributed by atoms with Crippen LogP contribution < -0.4 is 10.1 Å². The predicted molar refractivity (Wildman–Crippen MR) is 152 cm³/mol. The zero-order chi connectivity index (χ0) is 33.1. The molecule has 0 aliphatic carbocycles. The number of imide groups is 1. The molecule has 0 bridgehead atoms. The molecule has 3 aromatic rings. The summed E-state index contributed by atoms with van der Waals surface area (Å²) in [6.45, 7) is 1.96. The number of hydrogen-bond acceptors (Lipinski definition) is 7. The maximum atomic E-state index is 13.6. The molecule has 2 aliphatic heterocycles. The highest BCUT2D eigenvalue weighted by molar-refractivity contribution is 6.09. The molecule has 5 rings (SSSR count). The number of likely N-dealkylation sites (tertiary alicyclic amines) is 1. The number of esters is 1. The van der Waals surface area contributed by atoms with Crippen LogP contribution in [0.25, 0.3) is 11.1 Å². The van der Waals surface area contributed by atoms with Gasteiger partial charge in [0.25, 0.3) is 0 Å². The monoisotopic (exact) mass is 630 g/mol. The molecule has 45 heavy (non-hydrogen) atoms. The first kappa shape index (κ1) is 33.1. The highest BCUT2D eigenvalue weighted by Gasteiger charge is 2.68. The average Bonchev–Trinajstić information content (AvgIpc) is 3.49. The molecule has 4 atom stereocenters.